The van der Waals surface area contributed by atoms with E-state index >= 15 is 0 Å². The molecule has 8 nitrogen and oxygen atoms in total. The maximum atomic E-state index is 12.6. The molecule has 9 heteroatoms. The first-order chi connectivity index (χ1) is 13.6. The highest BCUT2D eigenvalue weighted by molar-refractivity contribution is 6.31. The average Bonchev–Trinajstić information content (AvgIpc) is 3.04. The molecule has 0 atom stereocenters. The molecular formula is C19H15ClN4O4. The van der Waals surface area contributed by atoms with E-state index in [0.717, 1.165) is 5.52 Å². The molecule has 2 N–H and O–H groups in total. The van der Waals surface area contributed by atoms with Crippen LogP contribution in [0.25, 0.3) is 21.8 Å². The molecule has 0 spiro atoms. The lowest BCUT2D eigenvalue weighted by molar-refractivity contribution is 0.0452. The SMILES string of the molecule is O=C(OCc1nc2ccc(Cl)cc2n1CCO)c1n[nH]c(=O)c2ccccc12. The van der Waals surface area contributed by atoms with Gasteiger partial charge in [-0.25, -0.2) is 14.9 Å². The summed E-state index contributed by atoms with van der Waals surface area (Å²) < 4.78 is 7.13. The number of aromatic nitrogens is 4. The van der Waals surface area contributed by atoms with Crippen molar-refractivity contribution in [1.82, 2.24) is 19.7 Å². The number of rotatable bonds is 5. The number of aromatic amines is 1. The van der Waals surface area contributed by atoms with Crippen LogP contribution in [-0.4, -0.2) is 37.4 Å². The third kappa shape index (κ3) is 3.23. The Kier molecular flexibility index (Phi) is 4.81. The second-order valence-corrected chi connectivity index (χ2v) is 6.50. The van der Waals surface area contributed by atoms with Crippen molar-refractivity contribution in [3.8, 4) is 0 Å². The van der Waals surface area contributed by atoms with E-state index in [1.54, 1.807) is 47.0 Å². The zero-order valence-corrected chi connectivity index (χ0v) is 15.3. The van der Waals surface area contributed by atoms with Crippen molar-refractivity contribution in [2.45, 2.75) is 13.2 Å². The van der Waals surface area contributed by atoms with Gasteiger partial charge in [0.05, 0.1) is 23.0 Å². The van der Waals surface area contributed by atoms with Gasteiger partial charge < -0.3 is 14.4 Å². The fourth-order valence-electron chi connectivity index (χ4n) is 3.07. The molecule has 4 rings (SSSR count). The number of imidazole rings is 1. The van der Waals surface area contributed by atoms with Crippen LogP contribution in [0.1, 0.15) is 16.3 Å². The number of carbonyl (C=O) groups excluding carboxylic acids is 1. The van der Waals surface area contributed by atoms with Crippen molar-refractivity contribution in [1.29, 1.82) is 0 Å². The van der Waals surface area contributed by atoms with Gasteiger partial charge in [-0.1, -0.05) is 29.8 Å². The van der Waals surface area contributed by atoms with Gasteiger partial charge in [0.25, 0.3) is 5.56 Å². The lowest BCUT2D eigenvalue weighted by Gasteiger charge is -2.09. The first kappa shape index (κ1) is 18.1. The monoisotopic (exact) mass is 398 g/mol. The highest BCUT2D eigenvalue weighted by Gasteiger charge is 2.18. The first-order valence-electron chi connectivity index (χ1n) is 8.48. The number of benzene rings is 2. The molecule has 0 fully saturated rings. The number of aliphatic hydroxyl groups excluding tert-OH is 1. The number of hydrogen-bond acceptors (Lipinski definition) is 6. The molecule has 0 saturated carbocycles. The molecule has 2 heterocycles. The molecule has 0 unspecified atom stereocenters. The minimum atomic E-state index is -0.687. The topological polar surface area (TPSA) is 110 Å². The van der Waals surface area contributed by atoms with Crippen LogP contribution in [0.4, 0.5) is 0 Å². The van der Waals surface area contributed by atoms with Crippen LogP contribution in [0.3, 0.4) is 0 Å². The smallest absolute Gasteiger partial charge is 0.359 e. The summed E-state index contributed by atoms with van der Waals surface area (Å²) in [4.78, 5) is 28.9. The van der Waals surface area contributed by atoms with Gasteiger partial charge in [0.1, 0.15) is 12.4 Å². The van der Waals surface area contributed by atoms with E-state index in [4.69, 9.17) is 16.3 Å². The maximum absolute atomic E-state index is 12.6. The third-order valence-corrected chi connectivity index (χ3v) is 4.57. The van der Waals surface area contributed by atoms with Crippen LogP contribution >= 0.6 is 11.6 Å². The Morgan fingerprint density at radius 1 is 1.21 bits per heavy atom. The largest absolute Gasteiger partial charge is 0.453 e. The summed E-state index contributed by atoms with van der Waals surface area (Å²) >= 11 is 6.05. The second kappa shape index (κ2) is 7.41. The van der Waals surface area contributed by atoms with E-state index in [1.807, 2.05) is 0 Å². The normalized spacial score (nSPS) is 11.2. The molecule has 142 valence electrons. The molecule has 0 aliphatic heterocycles. The Hall–Kier alpha value is -3.23. The number of H-pyrrole nitrogens is 1. The van der Waals surface area contributed by atoms with Crippen LogP contribution < -0.4 is 5.56 Å². The van der Waals surface area contributed by atoms with E-state index in [-0.39, 0.29) is 31.0 Å². The summed E-state index contributed by atoms with van der Waals surface area (Å²) in [6.45, 7) is 0.0505. The molecule has 0 aliphatic carbocycles. The molecule has 0 amide bonds. The molecule has 0 saturated heterocycles. The number of halogens is 1. The summed E-state index contributed by atoms with van der Waals surface area (Å²) in [7, 11) is 0. The number of nitrogens with one attached hydrogen (secondary N) is 1. The highest BCUT2D eigenvalue weighted by Crippen LogP contribution is 2.22. The van der Waals surface area contributed by atoms with Crippen molar-refractivity contribution in [3.63, 3.8) is 0 Å². The zero-order chi connectivity index (χ0) is 19.7. The quantitative estimate of drug-likeness (QED) is 0.499. The van der Waals surface area contributed by atoms with E-state index < -0.39 is 5.97 Å². The van der Waals surface area contributed by atoms with Crippen molar-refractivity contribution >= 4 is 39.4 Å². The summed E-state index contributed by atoms with van der Waals surface area (Å²) in [5.41, 5.74) is 1.05. The number of fused-ring (bicyclic) bond motifs is 2. The van der Waals surface area contributed by atoms with E-state index in [1.165, 1.54) is 0 Å². The number of carbonyl (C=O) groups is 1. The van der Waals surface area contributed by atoms with Gasteiger partial charge >= 0.3 is 5.97 Å². The highest BCUT2D eigenvalue weighted by atomic mass is 35.5. The Morgan fingerprint density at radius 3 is 2.79 bits per heavy atom. The number of esters is 1. The van der Waals surface area contributed by atoms with Crippen LogP contribution in [0, 0.1) is 0 Å². The Balaban J connectivity index is 1.65. The first-order valence-corrected chi connectivity index (χ1v) is 8.86. The van der Waals surface area contributed by atoms with Crippen LogP contribution in [0.5, 0.6) is 0 Å². The maximum Gasteiger partial charge on any atom is 0.359 e. The van der Waals surface area contributed by atoms with Gasteiger partial charge in [-0.15, -0.1) is 0 Å². The molecule has 0 bridgehead atoms. The Bertz CT molecular complexity index is 1250. The molecule has 28 heavy (non-hydrogen) atoms. The lowest BCUT2D eigenvalue weighted by Crippen LogP contribution is -2.17. The predicted molar refractivity (Wildman–Crippen MR) is 103 cm³/mol. The summed E-state index contributed by atoms with van der Waals surface area (Å²) in [5, 5.41) is 16.8. The summed E-state index contributed by atoms with van der Waals surface area (Å²) in [6, 6.07) is 11.9. The Morgan fingerprint density at radius 2 is 2.00 bits per heavy atom. The van der Waals surface area contributed by atoms with Gasteiger partial charge in [0.15, 0.2) is 5.69 Å². The number of nitrogens with zero attached hydrogens (tertiary/aromatic N) is 3. The van der Waals surface area contributed by atoms with Crippen LogP contribution in [-0.2, 0) is 17.9 Å². The van der Waals surface area contributed by atoms with Gasteiger partial charge in [-0.05, 0) is 24.3 Å². The average molecular weight is 399 g/mol. The van der Waals surface area contributed by atoms with Gasteiger partial charge in [-0.3, -0.25) is 4.79 Å². The molecule has 2 aromatic heterocycles. The molecular weight excluding hydrogens is 384 g/mol. The Labute approximate surface area is 163 Å². The van der Waals surface area contributed by atoms with E-state index in [2.05, 4.69) is 15.2 Å². The second-order valence-electron chi connectivity index (χ2n) is 6.06. The van der Waals surface area contributed by atoms with Crippen molar-refractivity contribution in [3.05, 3.63) is 69.4 Å². The predicted octanol–water partition coefficient (Wildman–Crippen LogP) is 2.28. The summed E-state index contributed by atoms with van der Waals surface area (Å²) in [5.74, 6) is -0.221. The number of aliphatic hydroxyl groups is 1. The van der Waals surface area contributed by atoms with Crippen molar-refractivity contribution in [2.24, 2.45) is 0 Å². The minimum Gasteiger partial charge on any atom is -0.453 e. The van der Waals surface area contributed by atoms with Crippen LogP contribution in [0.2, 0.25) is 5.02 Å². The molecule has 4 aromatic rings. The van der Waals surface area contributed by atoms with E-state index in [0.29, 0.717) is 27.1 Å². The number of ether oxygens (including phenoxy) is 1. The van der Waals surface area contributed by atoms with Gasteiger partial charge in [-0.2, -0.15) is 5.10 Å². The number of hydrogen-bond donors (Lipinski definition) is 2. The van der Waals surface area contributed by atoms with Crippen LogP contribution in [0.15, 0.2) is 47.3 Å². The molecule has 0 radical (unpaired) electrons. The minimum absolute atomic E-state index is 0.0167. The summed E-state index contributed by atoms with van der Waals surface area (Å²) in [6.07, 6.45) is 0. The van der Waals surface area contributed by atoms with E-state index in [9.17, 15) is 14.7 Å². The lowest BCUT2D eigenvalue weighted by atomic mass is 10.1. The third-order valence-electron chi connectivity index (χ3n) is 4.33. The standard InChI is InChI=1S/C19H15ClN4O4/c20-11-5-6-14-15(9-11)24(7-8-25)16(21-14)10-28-19(27)17-12-3-1-2-4-13(12)18(26)23-22-17/h1-6,9,25H,7-8,10H2,(H,23,26). The fourth-order valence-corrected chi connectivity index (χ4v) is 3.24. The molecule has 2 aromatic carbocycles. The fraction of sp³-hybridized carbons (Fsp3) is 0.158. The van der Waals surface area contributed by atoms with Gasteiger partial charge in [0, 0.05) is 17.0 Å². The zero-order valence-electron chi connectivity index (χ0n) is 14.6. The van der Waals surface area contributed by atoms with Crippen molar-refractivity contribution in [2.75, 3.05) is 6.61 Å². The van der Waals surface area contributed by atoms with Gasteiger partial charge in [0.2, 0.25) is 0 Å². The van der Waals surface area contributed by atoms with Crippen molar-refractivity contribution < 1.29 is 14.6 Å². The molecule has 0 aliphatic rings.